The fourth-order valence-corrected chi connectivity index (χ4v) is 4.54. The first-order valence-electron chi connectivity index (χ1n) is 11.0. The number of nitrogens with one attached hydrogen (secondary N) is 2. The predicted octanol–water partition coefficient (Wildman–Crippen LogP) is 5.58. The second-order valence-corrected chi connectivity index (χ2v) is 10.1. The van der Waals surface area contributed by atoms with Crippen molar-refractivity contribution in [3.63, 3.8) is 0 Å². The molecule has 0 unspecified atom stereocenters. The number of aryl methyl sites for hydroxylation is 1. The molecular weight excluding hydrogens is 524 g/mol. The van der Waals surface area contributed by atoms with Crippen molar-refractivity contribution < 1.29 is 4.79 Å². The van der Waals surface area contributed by atoms with Crippen LogP contribution in [0.15, 0.2) is 93.6 Å². The van der Waals surface area contributed by atoms with Gasteiger partial charge in [0, 0.05) is 15.8 Å². The summed E-state index contributed by atoms with van der Waals surface area (Å²) in [5.41, 5.74) is 6.63. The molecule has 0 radical (unpaired) electrons. The Balaban J connectivity index is 1.47. The quantitative estimate of drug-likeness (QED) is 0.162. The van der Waals surface area contributed by atoms with Crippen LogP contribution in [0.1, 0.15) is 23.9 Å². The molecule has 178 valence electrons. The monoisotopic (exact) mass is 548 g/mol. The summed E-state index contributed by atoms with van der Waals surface area (Å²) in [7, 11) is 0. The minimum Gasteiger partial charge on any atom is -0.378 e. The van der Waals surface area contributed by atoms with Crippen molar-refractivity contribution in [3.8, 4) is 5.69 Å². The molecule has 0 saturated carbocycles. The largest absolute Gasteiger partial charge is 0.378 e. The van der Waals surface area contributed by atoms with Crippen LogP contribution in [-0.2, 0) is 11.3 Å². The molecule has 4 rings (SSSR count). The molecule has 0 aliphatic heterocycles. The fraction of sp³-hybridized carbons (Fsp3) is 0.154. The van der Waals surface area contributed by atoms with Gasteiger partial charge in [0.05, 0.1) is 18.0 Å². The first kappa shape index (κ1) is 24.7. The van der Waals surface area contributed by atoms with Gasteiger partial charge in [0.15, 0.2) is 11.0 Å². The van der Waals surface area contributed by atoms with E-state index < -0.39 is 5.25 Å². The molecule has 4 aromatic rings. The van der Waals surface area contributed by atoms with Crippen LogP contribution in [0.4, 0.5) is 5.69 Å². The molecule has 1 aromatic heterocycles. The molecule has 0 saturated heterocycles. The van der Waals surface area contributed by atoms with Gasteiger partial charge < -0.3 is 5.32 Å². The van der Waals surface area contributed by atoms with Gasteiger partial charge in [-0.3, -0.25) is 9.36 Å². The van der Waals surface area contributed by atoms with Gasteiger partial charge in [0.25, 0.3) is 5.91 Å². The minimum absolute atomic E-state index is 0.219. The van der Waals surface area contributed by atoms with E-state index in [-0.39, 0.29) is 5.91 Å². The Labute approximate surface area is 217 Å². The maximum absolute atomic E-state index is 12.7. The molecule has 0 bridgehead atoms. The van der Waals surface area contributed by atoms with Crippen LogP contribution >= 0.6 is 27.7 Å². The number of halogens is 1. The second-order valence-electron chi connectivity index (χ2n) is 7.84. The zero-order valence-electron chi connectivity index (χ0n) is 19.4. The van der Waals surface area contributed by atoms with E-state index in [2.05, 4.69) is 61.0 Å². The highest BCUT2D eigenvalue weighted by molar-refractivity contribution is 9.10. The van der Waals surface area contributed by atoms with Crippen LogP contribution in [0, 0.1) is 6.92 Å². The van der Waals surface area contributed by atoms with Gasteiger partial charge in [-0.15, -0.1) is 10.2 Å². The number of nitrogens with zero attached hydrogens (tertiary/aromatic N) is 4. The number of thioether (sulfide) groups is 1. The van der Waals surface area contributed by atoms with E-state index in [1.54, 1.807) is 6.21 Å². The van der Waals surface area contributed by atoms with E-state index in [0.717, 1.165) is 27.2 Å². The standard InChI is InChI=1S/C26H25BrN6OS/c1-18-11-13-22(14-12-18)28-17-24-30-32-26(33(24)23-9-4-3-5-10-23)35-19(2)25(34)31-29-16-20-7-6-8-21(27)15-20/h3-16,19,28H,17H2,1-2H3,(H,31,34)/b29-16-/t19-/m1/s1. The van der Waals surface area contributed by atoms with Gasteiger partial charge in [0.1, 0.15) is 0 Å². The van der Waals surface area contributed by atoms with E-state index >= 15 is 0 Å². The lowest BCUT2D eigenvalue weighted by molar-refractivity contribution is -0.120. The van der Waals surface area contributed by atoms with Crippen molar-refractivity contribution in [1.82, 2.24) is 20.2 Å². The smallest absolute Gasteiger partial charge is 0.253 e. The van der Waals surface area contributed by atoms with Crippen LogP contribution in [0.25, 0.3) is 5.69 Å². The van der Waals surface area contributed by atoms with Crippen LogP contribution in [0.3, 0.4) is 0 Å². The highest BCUT2D eigenvalue weighted by Crippen LogP contribution is 2.26. The molecule has 9 heteroatoms. The van der Waals surface area contributed by atoms with Crippen LogP contribution in [0.2, 0.25) is 0 Å². The fourth-order valence-electron chi connectivity index (χ4n) is 3.24. The Morgan fingerprint density at radius 2 is 1.86 bits per heavy atom. The molecule has 0 aliphatic carbocycles. The number of amides is 1. The van der Waals surface area contributed by atoms with Crippen molar-refractivity contribution in [2.24, 2.45) is 5.10 Å². The van der Waals surface area contributed by atoms with Crippen LogP contribution in [0.5, 0.6) is 0 Å². The van der Waals surface area contributed by atoms with Crippen molar-refractivity contribution in [1.29, 1.82) is 0 Å². The number of para-hydroxylation sites is 1. The van der Waals surface area contributed by atoms with Crippen LogP contribution < -0.4 is 10.7 Å². The number of benzene rings is 3. The third-order valence-corrected chi connectivity index (χ3v) is 6.64. The lowest BCUT2D eigenvalue weighted by Crippen LogP contribution is -2.27. The summed E-state index contributed by atoms with van der Waals surface area (Å²) >= 11 is 4.76. The van der Waals surface area contributed by atoms with E-state index in [9.17, 15) is 4.79 Å². The predicted molar refractivity (Wildman–Crippen MR) is 145 cm³/mol. The summed E-state index contributed by atoms with van der Waals surface area (Å²) in [6, 6.07) is 25.8. The number of rotatable bonds is 9. The molecule has 2 N–H and O–H groups in total. The molecular formula is C26H25BrN6OS. The van der Waals surface area contributed by atoms with Crippen molar-refractivity contribution in [2.45, 2.75) is 30.8 Å². The second kappa shape index (κ2) is 11.8. The SMILES string of the molecule is Cc1ccc(NCc2nnc(S[C@H](C)C(=O)N/N=C\c3cccc(Br)c3)n2-c2ccccc2)cc1. The molecule has 0 spiro atoms. The average Bonchev–Trinajstić information content (AvgIpc) is 3.26. The van der Waals surface area contributed by atoms with Crippen molar-refractivity contribution in [3.05, 3.63) is 100 Å². The van der Waals surface area contributed by atoms with Gasteiger partial charge in [-0.2, -0.15) is 5.10 Å². The first-order valence-corrected chi connectivity index (χ1v) is 12.7. The van der Waals surface area contributed by atoms with Crippen LogP contribution in [-0.4, -0.2) is 32.1 Å². The maximum atomic E-state index is 12.7. The summed E-state index contributed by atoms with van der Waals surface area (Å²) in [4.78, 5) is 12.7. The minimum atomic E-state index is -0.431. The Morgan fingerprint density at radius 3 is 2.60 bits per heavy atom. The van der Waals surface area contributed by atoms with E-state index in [1.165, 1.54) is 17.3 Å². The molecule has 35 heavy (non-hydrogen) atoms. The topological polar surface area (TPSA) is 84.2 Å². The highest BCUT2D eigenvalue weighted by atomic mass is 79.9. The molecule has 1 heterocycles. The normalized spacial score (nSPS) is 12.0. The van der Waals surface area contributed by atoms with Gasteiger partial charge in [0.2, 0.25) is 0 Å². The summed E-state index contributed by atoms with van der Waals surface area (Å²) in [6.45, 7) is 4.37. The van der Waals surface area contributed by atoms with Gasteiger partial charge >= 0.3 is 0 Å². The van der Waals surface area contributed by atoms with Crippen molar-refractivity contribution in [2.75, 3.05) is 5.32 Å². The number of carbonyl (C=O) groups is 1. The molecule has 7 nitrogen and oxygen atoms in total. The molecule has 0 aliphatic rings. The highest BCUT2D eigenvalue weighted by Gasteiger charge is 2.21. The van der Waals surface area contributed by atoms with E-state index in [1.807, 2.05) is 78.2 Å². The third kappa shape index (κ3) is 6.80. The summed E-state index contributed by atoms with van der Waals surface area (Å²) in [5, 5.41) is 16.5. The zero-order chi connectivity index (χ0) is 24.6. The summed E-state index contributed by atoms with van der Waals surface area (Å²) < 4.78 is 2.92. The average molecular weight is 549 g/mol. The van der Waals surface area contributed by atoms with E-state index in [4.69, 9.17) is 0 Å². The number of carbonyl (C=O) groups excluding carboxylic acids is 1. The van der Waals surface area contributed by atoms with Gasteiger partial charge in [-0.25, -0.2) is 5.43 Å². The maximum Gasteiger partial charge on any atom is 0.253 e. The number of aromatic nitrogens is 3. The summed E-state index contributed by atoms with van der Waals surface area (Å²) in [5.74, 6) is 0.530. The third-order valence-electron chi connectivity index (χ3n) is 5.11. The van der Waals surface area contributed by atoms with Gasteiger partial charge in [-0.1, -0.05) is 75.7 Å². The first-order chi connectivity index (χ1) is 17.0. The zero-order valence-corrected chi connectivity index (χ0v) is 21.8. The van der Waals surface area contributed by atoms with E-state index in [0.29, 0.717) is 11.7 Å². The Morgan fingerprint density at radius 1 is 1.09 bits per heavy atom. The number of anilines is 1. The Kier molecular flexibility index (Phi) is 8.33. The Hall–Kier alpha value is -3.43. The Bertz CT molecular complexity index is 1310. The summed E-state index contributed by atoms with van der Waals surface area (Å²) in [6.07, 6.45) is 1.61. The molecule has 1 amide bonds. The number of hydrogen-bond donors (Lipinski definition) is 2. The molecule has 3 aromatic carbocycles. The lowest BCUT2D eigenvalue weighted by Gasteiger charge is -2.13. The number of hydrogen-bond acceptors (Lipinski definition) is 6. The molecule has 1 atom stereocenters. The van der Waals surface area contributed by atoms with Gasteiger partial charge in [-0.05, 0) is 55.8 Å². The lowest BCUT2D eigenvalue weighted by atomic mass is 10.2. The molecule has 0 fully saturated rings. The van der Waals surface area contributed by atoms with Crippen molar-refractivity contribution >= 4 is 45.5 Å². The number of hydrazone groups is 1.